The van der Waals surface area contributed by atoms with Crippen molar-refractivity contribution < 1.29 is 28.6 Å². The Bertz CT molecular complexity index is 1000. The summed E-state index contributed by atoms with van der Waals surface area (Å²) in [6, 6.07) is 7.71. The largest absolute Gasteiger partial charge is 0.497 e. The Morgan fingerprint density at radius 3 is 2.24 bits per heavy atom. The Labute approximate surface area is 225 Å². The maximum absolute atomic E-state index is 13.7. The van der Waals surface area contributed by atoms with Crippen LogP contribution in [0.5, 0.6) is 5.75 Å². The summed E-state index contributed by atoms with van der Waals surface area (Å²) in [6.07, 6.45) is 1.60. The summed E-state index contributed by atoms with van der Waals surface area (Å²) >= 11 is 1.48. The number of benzene rings is 1. The van der Waals surface area contributed by atoms with Crippen LogP contribution < -0.4 is 4.74 Å². The van der Waals surface area contributed by atoms with Crippen molar-refractivity contribution in [3.05, 3.63) is 42.0 Å². The second kappa shape index (κ2) is 12.1. The van der Waals surface area contributed by atoms with Crippen molar-refractivity contribution in [2.45, 2.75) is 71.0 Å². The van der Waals surface area contributed by atoms with Crippen LogP contribution in [-0.2, 0) is 29.6 Å². The van der Waals surface area contributed by atoms with Crippen molar-refractivity contribution >= 4 is 29.5 Å². The highest BCUT2D eigenvalue weighted by Gasteiger charge is 2.57. The molecule has 2 saturated heterocycles. The van der Waals surface area contributed by atoms with Crippen molar-refractivity contribution in [2.75, 3.05) is 13.7 Å². The molecule has 0 amide bonds. The molecule has 37 heavy (non-hydrogen) atoms. The second-order valence-corrected chi connectivity index (χ2v) is 12.4. The summed E-state index contributed by atoms with van der Waals surface area (Å²) in [5.74, 6) is -0.316. The summed E-state index contributed by atoms with van der Waals surface area (Å²) in [7, 11) is 1.62. The first-order valence-electron chi connectivity index (χ1n) is 13.2. The number of fused-ring (bicyclic) bond motifs is 1. The fraction of sp³-hybridized carbons (Fsp3) is 0.633. The molecule has 0 bridgehead atoms. The zero-order valence-corrected chi connectivity index (χ0v) is 24.1. The molecule has 2 aliphatic heterocycles. The van der Waals surface area contributed by atoms with Gasteiger partial charge in [0, 0.05) is 23.5 Å². The molecule has 0 aliphatic carbocycles. The highest BCUT2D eigenvalue weighted by atomic mass is 32.2. The molecule has 1 aromatic carbocycles. The first-order valence-corrected chi connectivity index (χ1v) is 14.3. The van der Waals surface area contributed by atoms with E-state index in [1.54, 1.807) is 14.0 Å². The summed E-state index contributed by atoms with van der Waals surface area (Å²) in [5.41, 5.74) is 0.781. The van der Waals surface area contributed by atoms with Gasteiger partial charge in [-0.15, -0.1) is 11.8 Å². The van der Waals surface area contributed by atoms with Crippen molar-refractivity contribution in [3.8, 4) is 5.75 Å². The van der Waals surface area contributed by atoms with Crippen molar-refractivity contribution in [2.24, 2.45) is 35.5 Å². The average Bonchev–Trinajstić information content (AvgIpc) is 3.12. The molecule has 6 nitrogen and oxygen atoms in total. The molecular weight excluding hydrogens is 488 g/mol. The van der Waals surface area contributed by atoms with Gasteiger partial charge < -0.3 is 14.2 Å². The molecule has 204 valence electrons. The summed E-state index contributed by atoms with van der Waals surface area (Å²) in [5, 5.41) is -0.547. The van der Waals surface area contributed by atoms with Gasteiger partial charge in [-0.3, -0.25) is 14.4 Å². The quantitative estimate of drug-likeness (QED) is 0.356. The van der Waals surface area contributed by atoms with E-state index in [9.17, 15) is 14.4 Å². The number of rotatable bonds is 4. The first-order chi connectivity index (χ1) is 17.4. The third kappa shape index (κ3) is 6.60. The fourth-order valence-electron chi connectivity index (χ4n) is 5.93. The number of carbonyl (C=O) groups excluding carboxylic acids is 3. The predicted molar refractivity (Wildman–Crippen MR) is 146 cm³/mol. The highest BCUT2D eigenvalue weighted by molar-refractivity contribution is 7.99. The molecule has 0 spiro atoms. The SMILES string of the molecule is C=C1[C@@H](C)C(=O)OC[C@@]2(C)OC(=O)C(SCc3ccc(OC)cc3)[C@@H]2[C@@H](C)C(=O)[C@H](C)CC(C)C[C@H]1C. The molecule has 2 unspecified atom stereocenters. The van der Waals surface area contributed by atoms with Gasteiger partial charge in [0.25, 0.3) is 0 Å². The fourth-order valence-corrected chi connectivity index (χ4v) is 7.41. The van der Waals surface area contributed by atoms with E-state index < -0.39 is 28.6 Å². The van der Waals surface area contributed by atoms with Crippen LogP contribution in [0.1, 0.15) is 59.9 Å². The van der Waals surface area contributed by atoms with Crippen LogP contribution in [0.3, 0.4) is 0 Å². The number of cyclic esters (lactones) is 1. The maximum atomic E-state index is 13.7. The lowest BCUT2D eigenvalue weighted by Crippen LogP contribution is -2.46. The van der Waals surface area contributed by atoms with E-state index in [1.165, 1.54) is 11.8 Å². The van der Waals surface area contributed by atoms with Gasteiger partial charge in [-0.25, -0.2) is 0 Å². The minimum atomic E-state index is -1.10. The van der Waals surface area contributed by atoms with Crippen LogP contribution in [0.2, 0.25) is 0 Å². The molecule has 2 aliphatic rings. The van der Waals surface area contributed by atoms with E-state index in [-0.39, 0.29) is 42.1 Å². The number of hydrogen-bond donors (Lipinski definition) is 0. The highest BCUT2D eigenvalue weighted by Crippen LogP contribution is 2.46. The number of esters is 2. The van der Waals surface area contributed by atoms with Gasteiger partial charge in [0.2, 0.25) is 0 Å². The monoisotopic (exact) mass is 530 g/mol. The maximum Gasteiger partial charge on any atom is 0.320 e. The lowest BCUT2D eigenvalue weighted by Gasteiger charge is -2.36. The molecular formula is C30H42O6S. The number of ether oxygens (including phenoxy) is 3. The molecule has 2 fully saturated rings. The van der Waals surface area contributed by atoms with E-state index in [1.807, 2.05) is 45.0 Å². The molecule has 0 N–H and O–H groups in total. The van der Waals surface area contributed by atoms with Crippen molar-refractivity contribution in [3.63, 3.8) is 0 Å². The van der Waals surface area contributed by atoms with Gasteiger partial charge in [0.05, 0.1) is 13.0 Å². The zero-order chi connectivity index (χ0) is 27.5. The minimum Gasteiger partial charge on any atom is -0.497 e. The van der Waals surface area contributed by atoms with Crippen LogP contribution in [0.4, 0.5) is 0 Å². The Morgan fingerprint density at radius 1 is 1.00 bits per heavy atom. The van der Waals surface area contributed by atoms with Gasteiger partial charge >= 0.3 is 11.9 Å². The molecule has 2 heterocycles. The van der Waals surface area contributed by atoms with Gasteiger partial charge in [-0.1, -0.05) is 52.0 Å². The molecule has 0 saturated carbocycles. The van der Waals surface area contributed by atoms with Gasteiger partial charge in [-0.05, 0) is 56.2 Å². The number of ketones is 1. The average molecular weight is 531 g/mol. The zero-order valence-electron chi connectivity index (χ0n) is 23.2. The van der Waals surface area contributed by atoms with Crippen LogP contribution in [0, 0.1) is 35.5 Å². The standard InChI is InChI=1S/C30H42O6S/c1-17-13-18(2)20(4)21(5)28(32)35-16-30(7)25(22(6)26(31)19(3)14-17)27(29(33)36-30)37-15-23-9-11-24(34-8)12-10-23/h9-12,17-19,21-22,25,27H,4,13-16H2,1-3,5-8H3/t17?,18-,19-,21-,22-,25+,27?,30-/m1/s1. The lowest BCUT2D eigenvalue weighted by atomic mass is 9.73. The van der Waals surface area contributed by atoms with E-state index in [0.717, 1.165) is 29.7 Å². The number of thioether (sulfide) groups is 1. The molecule has 7 heteroatoms. The third-order valence-electron chi connectivity index (χ3n) is 8.21. The van der Waals surface area contributed by atoms with Crippen LogP contribution >= 0.6 is 11.8 Å². The third-order valence-corrected chi connectivity index (χ3v) is 9.56. The van der Waals surface area contributed by atoms with E-state index in [2.05, 4.69) is 20.4 Å². The van der Waals surface area contributed by atoms with Crippen LogP contribution in [0.15, 0.2) is 36.4 Å². The van der Waals surface area contributed by atoms with Crippen molar-refractivity contribution in [1.82, 2.24) is 0 Å². The number of methoxy groups -OCH3 is 1. The molecule has 3 rings (SSSR count). The van der Waals surface area contributed by atoms with E-state index >= 15 is 0 Å². The first kappa shape index (κ1) is 29.3. The Kier molecular flexibility index (Phi) is 9.54. The minimum absolute atomic E-state index is 0.0871. The topological polar surface area (TPSA) is 78.9 Å². The molecule has 8 atom stereocenters. The van der Waals surface area contributed by atoms with Gasteiger partial charge in [0.1, 0.15) is 29.0 Å². The van der Waals surface area contributed by atoms with Gasteiger partial charge in [-0.2, -0.15) is 0 Å². The normalized spacial score (nSPS) is 35.8. The van der Waals surface area contributed by atoms with Gasteiger partial charge in [0.15, 0.2) is 0 Å². The summed E-state index contributed by atoms with van der Waals surface area (Å²) < 4.78 is 16.9. The Morgan fingerprint density at radius 2 is 1.62 bits per heavy atom. The predicted octanol–water partition coefficient (Wildman–Crippen LogP) is 5.87. The molecule has 0 aromatic heterocycles. The van der Waals surface area contributed by atoms with Crippen molar-refractivity contribution in [1.29, 1.82) is 0 Å². The number of carbonyl (C=O) groups is 3. The van der Waals surface area contributed by atoms with E-state index in [0.29, 0.717) is 5.75 Å². The molecule has 0 radical (unpaired) electrons. The summed E-state index contributed by atoms with van der Waals surface area (Å²) in [4.78, 5) is 39.9. The summed E-state index contributed by atoms with van der Waals surface area (Å²) in [6.45, 7) is 15.8. The lowest BCUT2D eigenvalue weighted by molar-refractivity contribution is -0.166. The Hall–Kier alpha value is -2.28. The second-order valence-electron chi connectivity index (χ2n) is 11.3. The van der Waals surface area contributed by atoms with E-state index in [4.69, 9.17) is 14.2 Å². The molecule has 1 aromatic rings. The van der Waals surface area contributed by atoms with Crippen LogP contribution in [-0.4, -0.2) is 42.3 Å². The number of hydrogen-bond acceptors (Lipinski definition) is 7. The number of Topliss-reactive ketones (excluding diaryl/α,β-unsaturated/α-hetero) is 1. The van der Waals surface area contributed by atoms with Crippen LogP contribution in [0.25, 0.3) is 0 Å². The Balaban J connectivity index is 1.90. The smallest absolute Gasteiger partial charge is 0.320 e.